The molecule has 2 aliphatic heterocycles. The van der Waals surface area contributed by atoms with Crippen LogP contribution in [0.4, 0.5) is 0 Å². The van der Waals surface area contributed by atoms with Gasteiger partial charge in [-0.3, -0.25) is 0 Å². The van der Waals surface area contributed by atoms with E-state index in [1.807, 2.05) is 30.3 Å². The molecule has 0 saturated carbocycles. The largest absolute Gasteiger partial charge is 0.388 e. The van der Waals surface area contributed by atoms with E-state index in [1.54, 1.807) is 0 Å². The summed E-state index contributed by atoms with van der Waals surface area (Å²) >= 11 is 0. The Kier molecular flexibility index (Phi) is 2.69. The Hall–Kier alpha value is -0.900. The van der Waals surface area contributed by atoms with Gasteiger partial charge in [0.1, 0.15) is 0 Å². The van der Waals surface area contributed by atoms with Crippen molar-refractivity contribution in [2.24, 2.45) is 5.73 Å². The van der Waals surface area contributed by atoms with Crippen molar-refractivity contribution in [3.63, 3.8) is 0 Å². The molecule has 0 radical (unpaired) electrons. The highest BCUT2D eigenvalue weighted by atomic mass is 16.3. The van der Waals surface area contributed by atoms with E-state index in [0.29, 0.717) is 12.1 Å². The maximum absolute atomic E-state index is 10.8. The highest BCUT2D eigenvalue weighted by Gasteiger charge is 2.46. The van der Waals surface area contributed by atoms with Crippen LogP contribution < -0.4 is 11.1 Å². The summed E-state index contributed by atoms with van der Waals surface area (Å²) in [5.74, 6) is 0. The molecule has 3 heteroatoms. The number of rotatable bonds is 2. The summed E-state index contributed by atoms with van der Waals surface area (Å²) in [6.45, 7) is 0. The number of piperidine rings is 1. The molecule has 1 aromatic carbocycles. The molecule has 4 N–H and O–H groups in total. The highest BCUT2D eigenvalue weighted by molar-refractivity contribution is 5.23. The zero-order valence-corrected chi connectivity index (χ0v) is 9.97. The second kappa shape index (κ2) is 4.09. The van der Waals surface area contributed by atoms with Crippen LogP contribution in [-0.4, -0.2) is 22.8 Å². The minimum atomic E-state index is -0.738. The summed E-state index contributed by atoms with van der Waals surface area (Å²) in [6.07, 6.45) is 3.90. The van der Waals surface area contributed by atoms with Gasteiger partial charge in [-0.1, -0.05) is 30.3 Å². The van der Waals surface area contributed by atoms with Crippen LogP contribution in [0.1, 0.15) is 37.3 Å². The number of hydrogen-bond acceptors (Lipinski definition) is 3. The summed E-state index contributed by atoms with van der Waals surface area (Å²) in [7, 11) is 0. The van der Waals surface area contributed by atoms with E-state index in [1.165, 1.54) is 12.8 Å². The van der Waals surface area contributed by atoms with Crippen LogP contribution in [-0.2, 0) is 0 Å². The lowest BCUT2D eigenvalue weighted by Gasteiger charge is -2.41. The van der Waals surface area contributed by atoms with Crippen LogP contribution in [0, 0.1) is 0 Å². The Morgan fingerprint density at radius 2 is 1.76 bits per heavy atom. The average Bonchev–Trinajstić information content (AvgIpc) is 2.69. The number of nitrogens with one attached hydrogen (secondary N) is 1. The van der Waals surface area contributed by atoms with Gasteiger partial charge in [-0.05, 0) is 31.2 Å². The fourth-order valence-corrected chi connectivity index (χ4v) is 3.39. The average molecular weight is 232 g/mol. The van der Waals surface area contributed by atoms with Gasteiger partial charge in [0.15, 0.2) is 0 Å². The second-order valence-corrected chi connectivity index (χ2v) is 5.54. The standard InChI is InChI=1S/C14H20N2O/c15-13(10-4-2-1-3-5-10)14(17)8-11-6-7-12(9-14)16-11/h1-5,11-13,16-17H,6-9,15H2. The topological polar surface area (TPSA) is 58.3 Å². The van der Waals surface area contributed by atoms with Gasteiger partial charge in [0, 0.05) is 12.1 Å². The minimum absolute atomic E-state index is 0.270. The molecule has 2 aliphatic rings. The molecule has 92 valence electrons. The molecule has 3 unspecified atom stereocenters. The van der Waals surface area contributed by atoms with Crippen LogP contribution in [0.15, 0.2) is 30.3 Å². The lowest BCUT2D eigenvalue weighted by atomic mass is 9.79. The molecule has 17 heavy (non-hydrogen) atoms. The first-order chi connectivity index (χ1) is 8.17. The first-order valence-corrected chi connectivity index (χ1v) is 6.46. The van der Waals surface area contributed by atoms with Gasteiger partial charge >= 0.3 is 0 Å². The molecule has 0 amide bonds. The molecule has 0 aliphatic carbocycles. The van der Waals surface area contributed by atoms with E-state index >= 15 is 0 Å². The molecule has 1 aromatic rings. The fraction of sp³-hybridized carbons (Fsp3) is 0.571. The smallest absolute Gasteiger partial charge is 0.0869 e. The van der Waals surface area contributed by atoms with Gasteiger partial charge in [0.2, 0.25) is 0 Å². The molecular weight excluding hydrogens is 212 g/mol. The second-order valence-electron chi connectivity index (χ2n) is 5.54. The Morgan fingerprint density at radius 3 is 2.35 bits per heavy atom. The zero-order chi connectivity index (χ0) is 11.9. The predicted molar refractivity (Wildman–Crippen MR) is 67.5 cm³/mol. The van der Waals surface area contributed by atoms with Gasteiger partial charge in [-0.25, -0.2) is 0 Å². The van der Waals surface area contributed by atoms with Crippen molar-refractivity contribution in [2.45, 2.75) is 49.4 Å². The third-order valence-corrected chi connectivity index (χ3v) is 4.27. The lowest BCUT2D eigenvalue weighted by Crippen LogP contribution is -2.53. The van der Waals surface area contributed by atoms with E-state index in [4.69, 9.17) is 5.73 Å². The Morgan fingerprint density at radius 1 is 1.18 bits per heavy atom. The van der Waals surface area contributed by atoms with Crippen LogP contribution in [0.25, 0.3) is 0 Å². The Labute approximate surface area is 102 Å². The van der Waals surface area contributed by atoms with Crippen molar-refractivity contribution in [2.75, 3.05) is 0 Å². The normalized spacial score (nSPS) is 38.0. The number of hydrogen-bond donors (Lipinski definition) is 3. The van der Waals surface area contributed by atoms with E-state index in [9.17, 15) is 5.11 Å². The zero-order valence-electron chi connectivity index (χ0n) is 9.97. The van der Waals surface area contributed by atoms with E-state index in [2.05, 4.69) is 5.32 Å². The Balaban J connectivity index is 1.83. The van der Waals surface area contributed by atoms with Crippen molar-refractivity contribution in [3.8, 4) is 0 Å². The van der Waals surface area contributed by atoms with Gasteiger partial charge in [-0.2, -0.15) is 0 Å². The van der Waals surface area contributed by atoms with E-state index < -0.39 is 5.60 Å². The maximum Gasteiger partial charge on any atom is 0.0869 e. The summed E-state index contributed by atoms with van der Waals surface area (Å²) in [6, 6.07) is 10.6. The number of fused-ring (bicyclic) bond motifs is 2. The third kappa shape index (κ3) is 1.99. The van der Waals surface area contributed by atoms with Crippen LogP contribution in [0.5, 0.6) is 0 Å². The molecule has 2 fully saturated rings. The summed E-state index contributed by atoms with van der Waals surface area (Å²) < 4.78 is 0. The van der Waals surface area contributed by atoms with Crippen LogP contribution in [0.3, 0.4) is 0 Å². The summed E-state index contributed by atoms with van der Waals surface area (Å²) in [5, 5.41) is 14.3. The minimum Gasteiger partial charge on any atom is -0.388 e. The molecule has 3 rings (SSSR count). The van der Waals surface area contributed by atoms with Crippen molar-refractivity contribution < 1.29 is 5.11 Å². The molecule has 3 atom stereocenters. The molecule has 3 nitrogen and oxygen atoms in total. The van der Waals surface area contributed by atoms with Crippen LogP contribution >= 0.6 is 0 Å². The first-order valence-electron chi connectivity index (χ1n) is 6.46. The van der Waals surface area contributed by atoms with E-state index in [0.717, 1.165) is 18.4 Å². The number of benzene rings is 1. The monoisotopic (exact) mass is 232 g/mol. The molecule has 0 aromatic heterocycles. The molecule has 2 saturated heterocycles. The third-order valence-electron chi connectivity index (χ3n) is 4.27. The van der Waals surface area contributed by atoms with E-state index in [-0.39, 0.29) is 6.04 Å². The van der Waals surface area contributed by atoms with Gasteiger partial charge in [-0.15, -0.1) is 0 Å². The molecule has 2 heterocycles. The predicted octanol–water partition coefficient (Wildman–Crippen LogP) is 1.33. The van der Waals surface area contributed by atoms with Crippen LogP contribution in [0.2, 0.25) is 0 Å². The Bertz CT molecular complexity index is 380. The van der Waals surface area contributed by atoms with Crippen molar-refractivity contribution in [1.29, 1.82) is 0 Å². The molecule has 0 spiro atoms. The van der Waals surface area contributed by atoms with Gasteiger partial charge in [0.25, 0.3) is 0 Å². The quantitative estimate of drug-likeness (QED) is 0.721. The maximum atomic E-state index is 10.8. The highest BCUT2D eigenvalue weighted by Crippen LogP contribution is 2.40. The van der Waals surface area contributed by atoms with Crippen molar-refractivity contribution >= 4 is 0 Å². The SMILES string of the molecule is NC(c1ccccc1)C1(O)CC2CCC(C1)N2. The number of nitrogens with two attached hydrogens (primary N) is 1. The van der Waals surface area contributed by atoms with Crippen molar-refractivity contribution in [1.82, 2.24) is 5.32 Å². The first kappa shape index (κ1) is 11.2. The number of aliphatic hydroxyl groups is 1. The molecular formula is C14H20N2O. The fourth-order valence-electron chi connectivity index (χ4n) is 3.39. The van der Waals surface area contributed by atoms with Gasteiger partial charge < -0.3 is 16.2 Å². The van der Waals surface area contributed by atoms with Crippen molar-refractivity contribution in [3.05, 3.63) is 35.9 Å². The molecule has 2 bridgehead atoms. The van der Waals surface area contributed by atoms with Gasteiger partial charge in [0.05, 0.1) is 11.6 Å². The summed E-state index contributed by atoms with van der Waals surface area (Å²) in [4.78, 5) is 0. The summed E-state index contributed by atoms with van der Waals surface area (Å²) in [5.41, 5.74) is 6.58. The lowest BCUT2D eigenvalue weighted by molar-refractivity contribution is -0.0297.